The zero-order valence-corrected chi connectivity index (χ0v) is 25.4. The van der Waals surface area contributed by atoms with Gasteiger partial charge in [-0.1, -0.05) is 18.2 Å². The molecule has 4 N–H and O–H groups in total. The number of sulfonamides is 1. The zero-order chi connectivity index (χ0) is 31.7. The number of benzene rings is 2. The van der Waals surface area contributed by atoms with Gasteiger partial charge in [-0.05, 0) is 67.9 Å². The van der Waals surface area contributed by atoms with Gasteiger partial charge in [0.05, 0.1) is 41.2 Å². The maximum atomic E-state index is 13.8. The van der Waals surface area contributed by atoms with Gasteiger partial charge in [-0.3, -0.25) is 19.1 Å². The molecule has 13 nitrogen and oxygen atoms in total. The molecule has 0 spiro atoms. The Hall–Kier alpha value is -5.76. The number of rotatable bonds is 9. The van der Waals surface area contributed by atoms with Gasteiger partial charge in [0.1, 0.15) is 29.2 Å². The van der Waals surface area contributed by atoms with Crippen molar-refractivity contribution < 1.29 is 13.2 Å². The predicted molar refractivity (Wildman–Crippen MR) is 171 cm³/mol. The lowest BCUT2D eigenvalue weighted by Gasteiger charge is -2.21. The third-order valence-corrected chi connectivity index (χ3v) is 8.59. The quantitative estimate of drug-likeness (QED) is 0.212. The lowest BCUT2D eigenvalue weighted by atomic mass is 10.1. The molecule has 4 aromatic heterocycles. The molecular formula is C31H29N9O4S. The van der Waals surface area contributed by atoms with Gasteiger partial charge in [-0.15, -0.1) is 0 Å². The maximum Gasteiger partial charge on any atom is 0.282 e. The van der Waals surface area contributed by atoms with Gasteiger partial charge < -0.3 is 15.8 Å². The first-order valence-electron chi connectivity index (χ1n) is 13.8. The van der Waals surface area contributed by atoms with Crippen LogP contribution in [0.1, 0.15) is 24.4 Å². The Balaban J connectivity index is 1.37. The molecule has 0 saturated heterocycles. The van der Waals surface area contributed by atoms with Gasteiger partial charge in [0.2, 0.25) is 0 Å². The van der Waals surface area contributed by atoms with E-state index in [9.17, 15) is 13.2 Å². The average Bonchev–Trinajstić information content (AvgIpc) is 3.42. The highest BCUT2D eigenvalue weighted by molar-refractivity contribution is 7.92. The van der Waals surface area contributed by atoms with Crippen molar-refractivity contribution in [1.29, 1.82) is 0 Å². The fourth-order valence-electron chi connectivity index (χ4n) is 5.00. The second-order valence-corrected chi connectivity index (χ2v) is 11.9. The summed E-state index contributed by atoms with van der Waals surface area (Å²) in [5, 5.41) is 8.13. The van der Waals surface area contributed by atoms with E-state index in [1.807, 2.05) is 50.2 Å². The molecule has 1 unspecified atom stereocenters. The number of aromatic nitrogens is 6. The number of fused-ring (bicyclic) bond motifs is 1. The summed E-state index contributed by atoms with van der Waals surface area (Å²) in [6.07, 6.45) is 5.98. The lowest BCUT2D eigenvalue weighted by Crippen LogP contribution is -2.29. The fraction of sp³-hybridized carbons (Fsp3) is 0.129. The molecule has 1 atom stereocenters. The monoisotopic (exact) mass is 623 g/mol. The van der Waals surface area contributed by atoms with Crippen LogP contribution in [0.4, 0.5) is 17.3 Å². The third kappa shape index (κ3) is 5.65. The highest BCUT2D eigenvalue weighted by Gasteiger charge is 2.23. The van der Waals surface area contributed by atoms with Gasteiger partial charge in [-0.2, -0.15) is 5.10 Å². The fourth-order valence-corrected chi connectivity index (χ4v) is 6.04. The molecule has 0 amide bonds. The van der Waals surface area contributed by atoms with Crippen LogP contribution >= 0.6 is 0 Å². The van der Waals surface area contributed by atoms with Crippen molar-refractivity contribution in [3.05, 3.63) is 113 Å². The van der Waals surface area contributed by atoms with Crippen LogP contribution in [-0.2, 0) is 10.0 Å². The van der Waals surface area contributed by atoms with Crippen molar-refractivity contribution >= 4 is 32.9 Å². The molecule has 0 fully saturated rings. The Morgan fingerprint density at radius 2 is 1.76 bits per heavy atom. The minimum atomic E-state index is -3.93. The number of nitrogen functional groups attached to an aromatic ring is 1. The number of ether oxygens (including phenoxy) is 1. The molecule has 2 aromatic carbocycles. The number of methoxy groups -OCH3 is 1. The molecule has 6 rings (SSSR count). The summed E-state index contributed by atoms with van der Waals surface area (Å²) < 4.78 is 37.0. The number of anilines is 3. The standard InChI is InChI=1S/C31H29N9O4S/c1-19-13-14-39-27(19)31(41)40(23-7-5-4-6-8-23)30(37-39)20(2)36-29-26(28(32)34-18-35-29)21-15-22(17-33-16-21)38-45(42,43)25-11-9-24(44-3)10-12-25/h4-18,20,38H,1-3H3,(H3,32,34,35,36). The molecule has 14 heteroatoms. The topological polar surface area (TPSA) is 171 Å². The minimum Gasteiger partial charge on any atom is -0.497 e. The Kier molecular flexibility index (Phi) is 7.64. The number of hydrogen-bond acceptors (Lipinski definition) is 10. The van der Waals surface area contributed by atoms with Gasteiger partial charge in [0.25, 0.3) is 15.6 Å². The second-order valence-electron chi connectivity index (χ2n) is 10.2. The summed E-state index contributed by atoms with van der Waals surface area (Å²) in [4.78, 5) is 26.7. The van der Waals surface area contributed by atoms with Crippen LogP contribution in [0.25, 0.3) is 22.3 Å². The van der Waals surface area contributed by atoms with Crippen LogP contribution in [0.3, 0.4) is 0 Å². The van der Waals surface area contributed by atoms with Crippen molar-refractivity contribution in [3.63, 3.8) is 0 Å². The molecule has 0 radical (unpaired) electrons. The van der Waals surface area contributed by atoms with E-state index in [1.165, 1.54) is 38.0 Å². The summed E-state index contributed by atoms with van der Waals surface area (Å²) in [5.41, 5.74) is 9.13. The number of nitrogens with two attached hydrogens (primary N) is 1. The van der Waals surface area contributed by atoms with Crippen LogP contribution in [0.5, 0.6) is 5.75 Å². The summed E-state index contributed by atoms with van der Waals surface area (Å²) in [6, 6.07) is 18.1. The Bertz CT molecular complexity index is 2180. The molecule has 0 saturated carbocycles. The number of nitrogens with zero attached hydrogens (tertiary/aromatic N) is 6. The van der Waals surface area contributed by atoms with Gasteiger partial charge in [0, 0.05) is 18.0 Å². The number of nitrogens with one attached hydrogen (secondary N) is 2. The van der Waals surface area contributed by atoms with Crippen molar-refractivity contribution in [2.24, 2.45) is 0 Å². The van der Waals surface area contributed by atoms with E-state index in [0.717, 1.165) is 5.56 Å². The number of para-hydroxylation sites is 1. The SMILES string of the molecule is COc1ccc(S(=O)(=O)Nc2cncc(-c3c(N)ncnc3NC(C)c3nn4ccc(C)c4c(=O)n3-c3ccccc3)c2)cc1. The summed E-state index contributed by atoms with van der Waals surface area (Å²) in [7, 11) is -2.43. The molecule has 228 valence electrons. The minimum absolute atomic E-state index is 0.0549. The Labute approximate surface area is 258 Å². The maximum absolute atomic E-state index is 13.8. The first-order valence-corrected chi connectivity index (χ1v) is 15.3. The van der Waals surface area contributed by atoms with Crippen LogP contribution < -0.4 is 26.1 Å². The number of hydrogen-bond donors (Lipinski definition) is 3. The molecule has 45 heavy (non-hydrogen) atoms. The van der Waals surface area contributed by atoms with Crippen LogP contribution in [-0.4, -0.2) is 44.7 Å². The van der Waals surface area contributed by atoms with Gasteiger partial charge in [-0.25, -0.2) is 22.9 Å². The van der Waals surface area contributed by atoms with E-state index < -0.39 is 16.1 Å². The lowest BCUT2D eigenvalue weighted by molar-refractivity contribution is 0.414. The highest BCUT2D eigenvalue weighted by atomic mass is 32.2. The van der Waals surface area contributed by atoms with E-state index in [2.05, 4.69) is 25.0 Å². The summed E-state index contributed by atoms with van der Waals surface area (Å²) in [5.74, 6) is 1.44. The molecule has 0 bridgehead atoms. The molecule has 4 heterocycles. The molecule has 0 aliphatic rings. The van der Waals surface area contributed by atoms with Crippen molar-refractivity contribution in [2.45, 2.75) is 24.8 Å². The summed E-state index contributed by atoms with van der Waals surface area (Å²) >= 11 is 0. The van der Waals surface area contributed by atoms with Gasteiger partial charge >= 0.3 is 0 Å². The van der Waals surface area contributed by atoms with Crippen LogP contribution in [0, 0.1) is 6.92 Å². The first-order chi connectivity index (χ1) is 21.7. The average molecular weight is 624 g/mol. The Morgan fingerprint density at radius 3 is 2.49 bits per heavy atom. The third-order valence-electron chi connectivity index (χ3n) is 7.19. The largest absolute Gasteiger partial charge is 0.497 e. The van der Waals surface area contributed by atoms with E-state index in [4.69, 9.17) is 15.6 Å². The van der Waals surface area contributed by atoms with Crippen molar-refractivity contribution in [1.82, 2.24) is 29.1 Å². The normalized spacial score (nSPS) is 12.2. The number of pyridine rings is 1. The second kappa shape index (κ2) is 11.7. The summed E-state index contributed by atoms with van der Waals surface area (Å²) in [6.45, 7) is 3.72. The molecule has 0 aliphatic carbocycles. The molecular weight excluding hydrogens is 594 g/mol. The molecule has 6 aromatic rings. The van der Waals surface area contributed by atoms with Crippen LogP contribution in [0.15, 0.2) is 101 Å². The first kappa shape index (κ1) is 29.3. The number of aryl methyl sites for hydroxylation is 1. The van der Waals surface area contributed by atoms with Crippen LogP contribution in [0.2, 0.25) is 0 Å². The smallest absolute Gasteiger partial charge is 0.282 e. The predicted octanol–water partition coefficient (Wildman–Crippen LogP) is 4.21. The van der Waals surface area contributed by atoms with E-state index in [1.54, 1.807) is 33.5 Å². The highest BCUT2D eigenvalue weighted by Crippen LogP contribution is 2.34. The zero-order valence-electron chi connectivity index (χ0n) is 24.5. The van der Waals surface area contributed by atoms with Gasteiger partial charge in [0.15, 0.2) is 5.82 Å². The van der Waals surface area contributed by atoms with E-state index in [-0.39, 0.29) is 22.0 Å². The van der Waals surface area contributed by atoms with Crippen molar-refractivity contribution in [3.8, 4) is 22.6 Å². The van der Waals surface area contributed by atoms with Crippen molar-refractivity contribution in [2.75, 3.05) is 22.9 Å². The van der Waals surface area contributed by atoms with E-state index in [0.29, 0.717) is 39.7 Å². The molecule has 0 aliphatic heterocycles. The Morgan fingerprint density at radius 1 is 1.00 bits per heavy atom. The van der Waals surface area contributed by atoms with E-state index >= 15 is 0 Å².